The maximum atomic E-state index is 12.7. The Balaban J connectivity index is 2.07. The van der Waals surface area contributed by atoms with Crippen molar-refractivity contribution in [2.45, 2.75) is 33.6 Å². The second kappa shape index (κ2) is 7.76. The number of ether oxygens (including phenoxy) is 2. The average Bonchev–Trinajstić information content (AvgIpc) is 2.60. The van der Waals surface area contributed by atoms with Gasteiger partial charge in [-0.15, -0.1) is 0 Å². The molecule has 6 nitrogen and oxygen atoms in total. The van der Waals surface area contributed by atoms with Crippen molar-refractivity contribution < 1.29 is 19.1 Å². The van der Waals surface area contributed by atoms with Crippen LogP contribution in [-0.4, -0.2) is 44.0 Å². The monoisotopic (exact) mass is 348 g/mol. The molecule has 0 radical (unpaired) electrons. The number of likely N-dealkylation sites (tertiary alicyclic amines) is 1. The third-order valence-corrected chi connectivity index (χ3v) is 4.39. The first-order valence-corrected chi connectivity index (χ1v) is 8.58. The fraction of sp³-hybridized carbons (Fsp3) is 0.579. The van der Waals surface area contributed by atoms with E-state index in [9.17, 15) is 9.59 Å². The molecule has 1 saturated heterocycles. The summed E-state index contributed by atoms with van der Waals surface area (Å²) < 4.78 is 10.5. The van der Waals surface area contributed by atoms with Gasteiger partial charge in [0.25, 0.3) is 0 Å². The Bertz CT molecular complexity index is 637. The van der Waals surface area contributed by atoms with Gasteiger partial charge in [-0.3, -0.25) is 9.59 Å². The van der Waals surface area contributed by atoms with Gasteiger partial charge in [0.1, 0.15) is 11.5 Å². The quantitative estimate of drug-likeness (QED) is 0.908. The molecular formula is C19H28N2O4. The number of rotatable bonds is 4. The molecule has 1 N–H and O–H groups in total. The molecule has 1 aromatic carbocycles. The van der Waals surface area contributed by atoms with Crippen molar-refractivity contribution in [3.8, 4) is 11.5 Å². The number of hydrogen-bond donors (Lipinski definition) is 1. The van der Waals surface area contributed by atoms with E-state index in [0.29, 0.717) is 30.3 Å². The van der Waals surface area contributed by atoms with Crippen molar-refractivity contribution >= 4 is 17.5 Å². The van der Waals surface area contributed by atoms with Gasteiger partial charge in [-0.05, 0) is 25.0 Å². The van der Waals surface area contributed by atoms with Crippen LogP contribution in [0.15, 0.2) is 18.2 Å². The molecule has 1 heterocycles. The fourth-order valence-corrected chi connectivity index (χ4v) is 2.99. The summed E-state index contributed by atoms with van der Waals surface area (Å²) in [5, 5.41) is 2.92. The van der Waals surface area contributed by atoms with Crippen LogP contribution in [0.5, 0.6) is 11.5 Å². The Morgan fingerprint density at radius 1 is 1.20 bits per heavy atom. The van der Waals surface area contributed by atoms with Crippen LogP contribution >= 0.6 is 0 Å². The van der Waals surface area contributed by atoms with Crippen molar-refractivity contribution in [3.05, 3.63) is 18.2 Å². The van der Waals surface area contributed by atoms with Gasteiger partial charge in [0.2, 0.25) is 11.8 Å². The van der Waals surface area contributed by atoms with Crippen LogP contribution < -0.4 is 14.8 Å². The number of anilines is 1. The van der Waals surface area contributed by atoms with E-state index in [2.05, 4.69) is 5.32 Å². The molecule has 6 heteroatoms. The molecule has 0 unspecified atom stereocenters. The lowest BCUT2D eigenvalue weighted by Crippen LogP contribution is -2.47. The van der Waals surface area contributed by atoms with Crippen LogP contribution in [-0.2, 0) is 9.59 Å². The van der Waals surface area contributed by atoms with Gasteiger partial charge in [-0.1, -0.05) is 20.8 Å². The molecule has 2 amide bonds. The molecule has 138 valence electrons. The van der Waals surface area contributed by atoms with E-state index in [0.717, 1.165) is 12.8 Å². The molecule has 2 rings (SSSR count). The van der Waals surface area contributed by atoms with Crippen molar-refractivity contribution in [2.75, 3.05) is 32.6 Å². The Morgan fingerprint density at radius 3 is 2.52 bits per heavy atom. The molecule has 0 aliphatic carbocycles. The summed E-state index contributed by atoms with van der Waals surface area (Å²) in [7, 11) is 3.13. The lowest BCUT2D eigenvalue weighted by molar-refractivity contribution is -0.142. The zero-order valence-corrected chi connectivity index (χ0v) is 15.7. The zero-order chi connectivity index (χ0) is 18.6. The molecule has 1 fully saturated rings. The van der Waals surface area contributed by atoms with E-state index in [1.807, 2.05) is 20.8 Å². The molecule has 1 aliphatic heterocycles. The van der Waals surface area contributed by atoms with E-state index < -0.39 is 5.41 Å². The number of amides is 2. The smallest absolute Gasteiger partial charge is 0.229 e. The van der Waals surface area contributed by atoms with Gasteiger partial charge in [-0.2, -0.15) is 0 Å². The summed E-state index contributed by atoms with van der Waals surface area (Å²) in [5.74, 6) is 0.995. The number of nitrogens with zero attached hydrogens (tertiary/aromatic N) is 1. The first-order chi connectivity index (χ1) is 11.8. The summed E-state index contributed by atoms with van der Waals surface area (Å²) in [5.41, 5.74) is 0.171. The first-order valence-electron chi connectivity index (χ1n) is 8.58. The molecule has 1 aromatic rings. The Labute approximate surface area is 149 Å². The summed E-state index contributed by atoms with van der Waals surface area (Å²) >= 11 is 0. The highest BCUT2D eigenvalue weighted by Crippen LogP contribution is 2.30. The minimum absolute atomic E-state index is 0.0881. The highest BCUT2D eigenvalue weighted by molar-refractivity contribution is 5.94. The maximum Gasteiger partial charge on any atom is 0.229 e. The zero-order valence-electron chi connectivity index (χ0n) is 15.7. The molecule has 1 atom stereocenters. The predicted molar refractivity (Wildman–Crippen MR) is 96.9 cm³/mol. The molecular weight excluding hydrogens is 320 g/mol. The van der Waals surface area contributed by atoms with Crippen LogP contribution in [0.4, 0.5) is 5.69 Å². The predicted octanol–water partition coefficient (Wildman–Crippen LogP) is 2.93. The molecule has 0 bridgehead atoms. The summed E-state index contributed by atoms with van der Waals surface area (Å²) in [6.45, 7) is 6.88. The summed E-state index contributed by atoms with van der Waals surface area (Å²) in [6.07, 6.45) is 1.61. The van der Waals surface area contributed by atoms with Gasteiger partial charge in [0.05, 0.1) is 25.8 Å². The molecule has 0 spiro atoms. The minimum atomic E-state index is -0.433. The molecule has 0 aromatic heterocycles. The van der Waals surface area contributed by atoms with Crippen molar-refractivity contribution in [1.29, 1.82) is 0 Å². The Kier molecular flexibility index (Phi) is 5.93. The van der Waals surface area contributed by atoms with E-state index in [4.69, 9.17) is 9.47 Å². The molecule has 1 aliphatic rings. The van der Waals surface area contributed by atoms with Crippen molar-refractivity contribution in [3.63, 3.8) is 0 Å². The largest absolute Gasteiger partial charge is 0.497 e. The number of carbonyl (C=O) groups excluding carboxylic acids is 2. The van der Waals surface area contributed by atoms with Crippen molar-refractivity contribution in [1.82, 2.24) is 4.90 Å². The number of carbonyl (C=O) groups is 2. The van der Waals surface area contributed by atoms with Crippen LogP contribution in [0.3, 0.4) is 0 Å². The van der Waals surface area contributed by atoms with E-state index >= 15 is 0 Å². The van der Waals surface area contributed by atoms with E-state index in [1.165, 1.54) is 0 Å². The van der Waals surface area contributed by atoms with Crippen LogP contribution in [0.2, 0.25) is 0 Å². The number of methoxy groups -OCH3 is 2. The van der Waals surface area contributed by atoms with Crippen LogP contribution in [0.1, 0.15) is 33.6 Å². The Hall–Kier alpha value is -2.24. The third kappa shape index (κ3) is 4.65. The average molecular weight is 348 g/mol. The fourth-order valence-electron chi connectivity index (χ4n) is 2.99. The van der Waals surface area contributed by atoms with Crippen molar-refractivity contribution in [2.24, 2.45) is 11.3 Å². The lowest BCUT2D eigenvalue weighted by atomic mass is 9.91. The van der Waals surface area contributed by atoms with Crippen LogP contribution in [0.25, 0.3) is 0 Å². The van der Waals surface area contributed by atoms with Gasteiger partial charge in [0, 0.05) is 24.6 Å². The van der Waals surface area contributed by atoms with Gasteiger partial charge in [-0.25, -0.2) is 0 Å². The second-order valence-electron chi connectivity index (χ2n) is 7.40. The van der Waals surface area contributed by atoms with Gasteiger partial charge < -0.3 is 19.7 Å². The topological polar surface area (TPSA) is 67.9 Å². The summed E-state index contributed by atoms with van der Waals surface area (Å²) in [4.78, 5) is 27.0. The van der Waals surface area contributed by atoms with Gasteiger partial charge >= 0.3 is 0 Å². The maximum absolute atomic E-state index is 12.7. The number of piperidine rings is 1. The van der Waals surface area contributed by atoms with E-state index in [1.54, 1.807) is 37.3 Å². The minimum Gasteiger partial charge on any atom is -0.497 e. The van der Waals surface area contributed by atoms with Gasteiger partial charge in [0.15, 0.2) is 0 Å². The van der Waals surface area contributed by atoms with Crippen LogP contribution in [0, 0.1) is 11.3 Å². The number of hydrogen-bond acceptors (Lipinski definition) is 4. The highest BCUT2D eigenvalue weighted by Gasteiger charge is 2.33. The number of nitrogens with one attached hydrogen (secondary N) is 1. The summed E-state index contributed by atoms with van der Waals surface area (Å²) in [6, 6.07) is 5.26. The highest BCUT2D eigenvalue weighted by atomic mass is 16.5. The molecule has 0 saturated carbocycles. The number of benzene rings is 1. The molecule has 25 heavy (non-hydrogen) atoms. The Morgan fingerprint density at radius 2 is 1.92 bits per heavy atom. The standard InChI is InChI=1S/C19H28N2O4/c1-19(2,3)18(23)21-10-6-7-13(12-21)17(22)20-15-9-8-14(24-4)11-16(15)25-5/h8-9,11,13H,6-7,10,12H2,1-5H3,(H,20,22)/t13-/m1/s1. The SMILES string of the molecule is COc1ccc(NC(=O)[C@@H]2CCCN(C(=O)C(C)(C)C)C2)c(OC)c1. The first kappa shape index (κ1) is 19.1. The third-order valence-electron chi connectivity index (χ3n) is 4.39. The normalized spacial score (nSPS) is 17.8. The van der Waals surface area contributed by atoms with E-state index in [-0.39, 0.29) is 17.7 Å². The second-order valence-corrected chi connectivity index (χ2v) is 7.40. The lowest BCUT2D eigenvalue weighted by Gasteiger charge is -2.35.